The number of benzene rings is 2. The van der Waals surface area contributed by atoms with Crippen molar-refractivity contribution in [2.45, 2.75) is 32.7 Å². The molecule has 0 aliphatic carbocycles. The lowest BCUT2D eigenvalue weighted by atomic mass is 9.97. The first kappa shape index (κ1) is 21.3. The minimum Gasteiger partial charge on any atom is -0.497 e. The summed E-state index contributed by atoms with van der Waals surface area (Å²) in [5, 5.41) is 12.2. The zero-order valence-corrected chi connectivity index (χ0v) is 16.7. The SMILES string of the molecule is COc1ccc(C(CC(=O)O)NC(=O)C(C)Cc2ccc(C)cc2)c(OC)c1. The Morgan fingerprint density at radius 3 is 2.32 bits per heavy atom. The van der Waals surface area contributed by atoms with Gasteiger partial charge in [-0.1, -0.05) is 36.8 Å². The molecule has 1 amide bonds. The van der Waals surface area contributed by atoms with E-state index in [2.05, 4.69) is 5.32 Å². The average Bonchev–Trinajstić information content (AvgIpc) is 2.68. The lowest BCUT2D eigenvalue weighted by Gasteiger charge is -2.22. The van der Waals surface area contributed by atoms with Crippen molar-refractivity contribution in [1.82, 2.24) is 5.32 Å². The Balaban J connectivity index is 2.18. The molecule has 2 aromatic carbocycles. The molecule has 28 heavy (non-hydrogen) atoms. The molecule has 0 aromatic heterocycles. The molecule has 6 nitrogen and oxygen atoms in total. The fourth-order valence-corrected chi connectivity index (χ4v) is 3.00. The molecule has 0 saturated carbocycles. The Hall–Kier alpha value is -3.02. The van der Waals surface area contributed by atoms with E-state index in [0.29, 0.717) is 23.5 Å². The summed E-state index contributed by atoms with van der Waals surface area (Å²) in [5.41, 5.74) is 2.82. The van der Waals surface area contributed by atoms with Crippen LogP contribution >= 0.6 is 0 Å². The highest BCUT2D eigenvalue weighted by atomic mass is 16.5. The van der Waals surface area contributed by atoms with Crippen molar-refractivity contribution in [3.8, 4) is 11.5 Å². The Morgan fingerprint density at radius 2 is 1.75 bits per heavy atom. The van der Waals surface area contributed by atoms with E-state index in [1.165, 1.54) is 14.2 Å². The number of carboxylic acid groups (broad SMARTS) is 1. The van der Waals surface area contributed by atoms with Gasteiger partial charge in [0.15, 0.2) is 0 Å². The van der Waals surface area contributed by atoms with E-state index in [-0.39, 0.29) is 18.2 Å². The number of aryl methyl sites for hydroxylation is 1. The smallest absolute Gasteiger partial charge is 0.305 e. The first-order valence-electron chi connectivity index (χ1n) is 9.13. The molecule has 0 aliphatic rings. The summed E-state index contributed by atoms with van der Waals surface area (Å²) in [6, 6.07) is 12.4. The maximum absolute atomic E-state index is 12.7. The predicted molar refractivity (Wildman–Crippen MR) is 107 cm³/mol. The Kier molecular flexibility index (Phi) is 7.44. The molecular formula is C22H27NO5. The van der Waals surface area contributed by atoms with Crippen LogP contribution in [0.4, 0.5) is 0 Å². The number of hydrogen-bond acceptors (Lipinski definition) is 4. The van der Waals surface area contributed by atoms with Crippen LogP contribution in [0.15, 0.2) is 42.5 Å². The Morgan fingerprint density at radius 1 is 1.07 bits per heavy atom. The summed E-state index contributed by atoms with van der Waals surface area (Å²) in [7, 11) is 3.04. The monoisotopic (exact) mass is 385 g/mol. The van der Waals surface area contributed by atoms with Crippen molar-refractivity contribution in [3.05, 3.63) is 59.2 Å². The van der Waals surface area contributed by atoms with Gasteiger partial charge in [0.1, 0.15) is 11.5 Å². The summed E-state index contributed by atoms with van der Waals surface area (Å²) < 4.78 is 10.6. The van der Waals surface area contributed by atoms with Gasteiger partial charge >= 0.3 is 5.97 Å². The van der Waals surface area contributed by atoms with E-state index in [4.69, 9.17) is 9.47 Å². The Bertz CT molecular complexity index is 816. The third kappa shape index (κ3) is 5.74. The number of aliphatic carboxylic acids is 1. The molecule has 2 atom stereocenters. The number of carboxylic acids is 1. The fraction of sp³-hybridized carbons (Fsp3) is 0.364. The van der Waals surface area contributed by atoms with Crippen molar-refractivity contribution in [2.24, 2.45) is 5.92 Å². The van der Waals surface area contributed by atoms with Gasteiger partial charge in [-0.2, -0.15) is 0 Å². The number of hydrogen-bond donors (Lipinski definition) is 2. The second-order valence-corrected chi connectivity index (χ2v) is 6.86. The molecule has 0 spiro atoms. The van der Waals surface area contributed by atoms with Gasteiger partial charge in [-0.3, -0.25) is 9.59 Å². The summed E-state index contributed by atoms with van der Waals surface area (Å²) in [5.74, 6) is -0.451. The molecule has 2 N–H and O–H groups in total. The topological polar surface area (TPSA) is 84.9 Å². The van der Waals surface area contributed by atoms with Crippen LogP contribution in [0.25, 0.3) is 0 Å². The minimum atomic E-state index is -1.01. The third-order valence-corrected chi connectivity index (χ3v) is 4.62. The van der Waals surface area contributed by atoms with Gasteiger partial charge in [0.2, 0.25) is 5.91 Å². The number of rotatable bonds is 9. The number of amides is 1. The van der Waals surface area contributed by atoms with Gasteiger partial charge in [-0.05, 0) is 31.0 Å². The lowest BCUT2D eigenvalue weighted by molar-refractivity contribution is -0.137. The summed E-state index contributed by atoms with van der Waals surface area (Å²) >= 11 is 0. The molecule has 0 fully saturated rings. The molecule has 0 saturated heterocycles. The van der Waals surface area contributed by atoms with Crippen molar-refractivity contribution >= 4 is 11.9 Å². The normalized spacial score (nSPS) is 12.7. The van der Waals surface area contributed by atoms with Crippen LogP contribution < -0.4 is 14.8 Å². The van der Waals surface area contributed by atoms with Crippen LogP contribution in [0.1, 0.15) is 36.1 Å². The van der Waals surface area contributed by atoms with Crippen LogP contribution in [-0.2, 0) is 16.0 Å². The fourth-order valence-electron chi connectivity index (χ4n) is 3.00. The standard InChI is InChI=1S/C22H27NO5/c1-14-5-7-16(8-6-14)11-15(2)22(26)23-19(13-21(24)25)18-10-9-17(27-3)12-20(18)28-4/h5-10,12,15,19H,11,13H2,1-4H3,(H,23,26)(H,24,25). The average molecular weight is 385 g/mol. The molecule has 0 bridgehead atoms. The molecular weight excluding hydrogens is 358 g/mol. The van der Waals surface area contributed by atoms with Crippen LogP contribution in [0.2, 0.25) is 0 Å². The highest BCUT2D eigenvalue weighted by molar-refractivity contribution is 5.80. The van der Waals surface area contributed by atoms with E-state index in [1.807, 2.05) is 38.1 Å². The van der Waals surface area contributed by atoms with E-state index in [0.717, 1.165) is 11.1 Å². The van der Waals surface area contributed by atoms with Gasteiger partial charge in [0.05, 0.1) is 26.7 Å². The van der Waals surface area contributed by atoms with Crippen LogP contribution in [0.5, 0.6) is 11.5 Å². The van der Waals surface area contributed by atoms with Gasteiger partial charge in [-0.15, -0.1) is 0 Å². The molecule has 150 valence electrons. The molecule has 0 aliphatic heterocycles. The van der Waals surface area contributed by atoms with Crippen molar-refractivity contribution < 1.29 is 24.2 Å². The molecule has 2 aromatic rings. The molecule has 2 rings (SSSR count). The summed E-state index contributed by atoms with van der Waals surface area (Å²) in [6.45, 7) is 3.84. The molecule has 0 radical (unpaired) electrons. The zero-order chi connectivity index (χ0) is 20.7. The third-order valence-electron chi connectivity index (χ3n) is 4.62. The number of nitrogens with one attached hydrogen (secondary N) is 1. The maximum atomic E-state index is 12.7. The number of methoxy groups -OCH3 is 2. The van der Waals surface area contributed by atoms with Crippen molar-refractivity contribution in [2.75, 3.05) is 14.2 Å². The van der Waals surface area contributed by atoms with Crippen LogP contribution in [0.3, 0.4) is 0 Å². The van der Waals surface area contributed by atoms with E-state index >= 15 is 0 Å². The minimum absolute atomic E-state index is 0.204. The number of carbonyl (C=O) groups excluding carboxylic acids is 1. The van der Waals surface area contributed by atoms with Crippen LogP contribution in [0, 0.1) is 12.8 Å². The van der Waals surface area contributed by atoms with Crippen molar-refractivity contribution in [3.63, 3.8) is 0 Å². The lowest BCUT2D eigenvalue weighted by Crippen LogP contribution is -2.35. The molecule has 6 heteroatoms. The van der Waals surface area contributed by atoms with Gasteiger partial charge in [0.25, 0.3) is 0 Å². The van der Waals surface area contributed by atoms with E-state index < -0.39 is 12.0 Å². The predicted octanol–water partition coefficient (Wildman–Crippen LogP) is 3.52. The highest BCUT2D eigenvalue weighted by Gasteiger charge is 2.24. The second kappa shape index (κ2) is 9.78. The Labute approximate surface area is 165 Å². The van der Waals surface area contributed by atoms with Gasteiger partial charge < -0.3 is 19.9 Å². The molecule has 2 unspecified atom stereocenters. The van der Waals surface area contributed by atoms with Crippen LogP contribution in [-0.4, -0.2) is 31.2 Å². The van der Waals surface area contributed by atoms with Crippen molar-refractivity contribution in [1.29, 1.82) is 0 Å². The number of carbonyl (C=O) groups is 2. The number of ether oxygens (including phenoxy) is 2. The second-order valence-electron chi connectivity index (χ2n) is 6.86. The van der Waals surface area contributed by atoms with Gasteiger partial charge in [-0.25, -0.2) is 0 Å². The van der Waals surface area contributed by atoms with Gasteiger partial charge in [0, 0.05) is 17.5 Å². The summed E-state index contributed by atoms with van der Waals surface area (Å²) in [4.78, 5) is 24.1. The summed E-state index contributed by atoms with van der Waals surface area (Å²) in [6.07, 6.45) is 0.331. The molecule has 0 heterocycles. The highest BCUT2D eigenvalue weighted by Crippen LogP contribution is 2.31. The first-order chi connectivity index (χ1) is 13.3. The maximum Gasteiger partial charge on any atom is 0.305 e. The van der Waals surface area contributed by atoms with E-state index in [9.17, 15) is 14.7 Å². The van der Waals surface area contributed by atoms with E-state index in [1.54, 1.807) is 18.2 Å². The largest absolute Gasteiger partial charge is 0.497 e. The first-order valence-corrected chi connectivity index (χ1v) is 9.13. The zero-order valence-electron chi connectivity index (χ0n) is 16.7. The quantitative estimate of drug-likeness (QED) is 0.690.